The van der Waals surface area contributed by atoms with Crippen LogP contribution in [-0.2, 0) is 4.79 Å². The van der Waals surface area contributed by atoms with Gasteiger partial charge >= 0.3 is 0 Å². The fourth-order valence-electron chi connectivity index (χ4n) is 0.907. The Balaban J connectivity index is 2.57. The topological polar surface area (TPSA) is 50.4 Å². The van der Waals surface area contributed by atoms with E-state index < -0.39 is 0 Å². The highest BCUT2D eigenvalue weighted by atomic mass is 35.5. The van der Waals surface area contributed by atoms with Crippen LogP contribution in [0, 0.1) is 0 Å². The van der Waals surface area contributed by atoms with E-state index in [1.54, 1.807) is 25.2 Å². The second-order valence-corrected chi connectivity index (χ2v) is 3.51. The maximum absolute atomic E-state index is 11.0. The van der Waals surface area contributed by atoms with E-state index in [0.29, 0.717) is 15.8 Å². The van der Waals surface area contributed by atoms with Crippen molar-refractivity contribution in [2.24, 2.45) is 0 Å². The van der Waals surface area contributed by atoms with Gasteiger partial charge in [0.1, 0.15) is 5.75 Å². The van der Waals surface area contributed by atoms with Gasteiger partial charge in [-0.1, -0.05) is 23.2 Å². The largest absolute Gasteiger partial charge is 0.482 e. The number of rotatable bonds is 4. The molecule has 1 aromatic rings. The molecule has 0 unspecified atom stereocenters. The zero-order valence-electron chi connectivity index (χ0n) is 8.01. The van der Waals surface area contributed by atoms with Gasteiger partial charge in [0.05, 0.1) is 5.02 Å². The molecule has 1 aromatic carbocycles. The van der Waals surface area contributed by atoms with Crippen LogP contribution in [0.1, 0.15) is 0 Å². The van der Waals surface area contributed by atoms with E-state index in [1.807, 2.05) is 0 Å². The Labute approximate surface area is 97.5 Å². The van der Waals surface area contributed by atoms with Gasteiger partial charge in [-0.2, -0.15) is 0 Å². The number of carbonyl (C=O) groups is 1. The molecule has 2 N–H and O–H groups in total. The van der Waals surface area contributed by atoms with Crippen molar-refractivity contribution in [1.29, 1.82) is 0 Å². The molecule has 0 atom stereocenters. The summed E-state index contributed by atoms with van der Waals surface area (Å²) in [7, 11) is 1.59. The molecule has 0 aliphatic heterocycles. The van der Waals surface area contributed by atoms with Crippen LogP contribution in [0.25, 0.3) is 0 Å². The first-order valence-corrected chi connectivity index (χ1v) is 4.92. The van der Waals surface area contributed by atoms with Crippen LogP contribution < -0.4 is 15.6 Å². The third kappa shape index (κ3) is 3.95. The highest BCUT2D eigenvalue weighted by Crippen LogP contribution is 2.27. The van der Waals surface area contributed by atoms with Crippen LogP contribution in [0.2, 0.25) is 10.0 Å². The average Bonchev–Trinajstić information content (AvgIpc) is 2.20. The van der Waals surface area contributed by atoms with Crippen molar-refractivity contribution in [3.8, 4) is 5.75 Å². The van der Waals surface area contributed by atoms with E-state index in [2.05, 4.69) is 10.9 Å². The lowest BCUT2D eigenvalue weighted by Gasteiger charge is -2.08. The molecule has 0 bridgehead atoms. The van der Waals surface area contributed by atoms with Crippen LogP contribution >= 0.6 is 23.2 Å². The average molecular weight is 249 g/mol. The van der Waals surface area contributed by atoms with Gasteiger partial charge in [0.25, 0.3) is 5.91 Å². The molecule has 0 fully saturated rings. The summed E-state index contributed by atoms with van der Waals surface area (Å²) in [5.41, 5.74) is 4.85. The third-order valence-electron chi connectivity index (χ3n) is 1.52. The molecule has 0 radical (unpaired) electrons. The van der Waals surface area contributed by atoms with Gasteiger partial charge in [-0.05, 0) is 12.1 Å². The Morgan fingerprint density at radius 2 is 2.20 bits per heavy atom. The Morgan fingerprint density at radius 3 is 2.87 bits per heavy atom. The number of amides is 1. The van der Waals surface area contributed by atoms with Crippen molar-refractivity contribution in [2.75, 3.05) is 13.7 Å². The van der Waals surface area contributed by atoms with E-state index in [4.69, 9.17) is 27.9 Å². The lowest BCUT2D eigenvalue weighted by Crippen LogP contribution is -2.37. The van der Waals surface area contributed by atoms with Crippen LogP contribution in [-0.4, -0.2) is 19.6 Å². The zero-order chi connectivity index (χ0) is 11.3. The highest BCUT2D eigenvalue weighted by molar-refractivity contribution is 6.34. The number of hydrogen-bond acceptors (Lipinski definition) is 3. The summed E-state index contributed by atoms with van der Waals surface area (Å²) in [6.07, 6.45) is 0. The predicted octanol–water partition coefficient (Wildman–Crippen LogP) is 1.62. The molecule has 0 heterocycles. The molecule has 0 spiro atoms. The molecular weight excluding hydrogens is 239 g/mol. The predicted molar refractivity (Wildman–Crippen MR) is 59.2 cm³/mol. The molecule has 1 rings (SSSR count). The van der Waals surface area contributed by atoms with E-state index in [0.717, 1.165) is 0 Å². The highest BCUT2D eigenvalue weighted by Gasteiger charge is 2.05. The monoisotopic (exact) mass is 248 g/mol. The lowest BCUT2D eigenvalue weighted by molar-refractivity contribution is -0.123. The fraction of sp³-hybridized carbons (Fsp3) is 0.222. The fourth-order valence-corrected chi connectivity index (χ4v) is 1.24. The van der Waals surface area contributed by atoms with E-state index >= 15 is 0 Å². The molecule has 15 heavy (non-hydrogen) atoms. The summed E-state index contributed by atoms with van der Waals surface area (Å²) >= 11 is 11.6. The van der Waals surface area contributed by atoms with Crippen LogP contribution in [0.3, 0.4) is 0 Å². The summed E-state index contributed by atoms with van der Waals surface area (Å²) in [6, 6.07) is 4.80. The number of ether oxygens (including phenoxy) is 1. The molecule has 0 saturated carbocycles. The maximum Gasteiger partial charge on any atom is 0.271 e. The van der Waals surface area contributed by atoms with Gasteiger partial charge < -0.3 is 4.74 Å². The van der Waals surface area contributed by atoms with Crippen molar-refractivity contribution < 1.29 is 9.53 Å². The number of hydrogen-bond donors (Lipinski definition) is 2. The normalized spacial score (nSPS) is 9.80. The SMILES string of the molecule is CNNC(=O)COc1cc(Cl)ccc1Cl. The van der Waals surface area contributed by atoms with Crippen molar-refractivity contribution in [3.05, 3.63) is 28.2 Å². The number of benzene rings is 1. The maximum atomic E-state index is 11.0. The molecular formula is C9H10Cl2N2O2. The Bertz CT molecular complexity index is 358. The van der Waals surface area contributed by atoms with Gasteiger partial charge in [0.15, 0.2) is 6.61 Å². The van der Waals surface area contributed by atoms with Crippen LogP contribution in [0.5, 0.6) is 5.75 Å². The number of hydrazine groups is 1. The first kappa shape index (κ1) is 12.1. The van der Waals surface area contributed by atoms with Gasteiger partial charge in [0, 0.05) is 18.1 Å². The Kier molecular flexibility index (Phi) is 4.68. The number of carbonyl (C=O) groups excluding carboxylic acids is 1. The van der Waals surface area contributed by atoms with Crippen molar-refractivity contribution >= 4 is 29.1 Å². The van der Waals surface area contributed by atoms with E-state index in [9.17, 15) is 4.79 Å². The summed E-state index contributed by atoms with van der Waals surface area (Å²) in [4.78, 5) is 11.0. The Morgan fingerprint density at radius 1 is 1.47 bits per heavy atom. The van der Waals surface area contributed by atoms with Gasteiger partial charge in [0.2, 0.25) is 0 Å². The van der Waals surface area contributed by atoms with Crippen molar-refractivity contribution in [2.45, 2.75) is 0 Å². The molecule has 4 nitrogen and oxygen atoms in total. The molecule has 6 heteroatoms. The van der Waals surface area contributed by atoms with E-state index in [1.165, 1.54) is 0 Å². The Hall–Kier alpha value is -0.970. The molecule has 1 amide bonds. The first-order chi connectivity index (χ1) is 7.13. The minimum atomic E-state index is -0.298. The third-order valence-corrected chi connectivity index (χ3v) is 2.06. The van der Waals surface area contributed by atoms with Gasteiger partial charge in [-0.15, -0.1) is 0 Å². The lowest BCUT2D eigenvalue weighted by atomic mass is 10.3. The zero-order valence-corrected chi connectivity index (χ0v) is 9.52. The minimum absolute atomic E-state index is 0.124. The quantitative estimate of drug-likeness (QED) is 0.797. The second kappa shape index (κ2) is 5.80. The smallest absolute Gasteiger partial charge is 0.271 e. The molecule has 0 aromatic heterocycles. The molecule has 82 valence electrons. The molecule has 0 aliphatic rings. The van der Waals surface area contributed by atoms with Crippen LogP contribution in [0.15, 0.2) is 18.2 Å². The summed E-state index contributed by atoms with van der Waals surface area (Å²) in [6.45, 7) is -0.124. The second-order valence-electron chi connectivity index (χ2n) is 2.66. The van der Waals surface area contributed by atoms with Crippen molar-refractivity contribution in [3.63, 3.8) is 0 Å². The number of nitrogens with one attached hydrogen (secondary N) is 2. The summed E-state index contributed by atoms with van der Waals surface area (Å²) < 4.78 is 5.16. The summed E-state index contributed by atoms with van der Waals surface area (Å²) in [5, 5.41) is 0.917. The van der Waals surface area contributed by atoms with Crippen molar-refractivity contribution in [1.82, 2.24) is 10.9 Å². The van der Waals surface area contributed by atoms with Gasteiger partial charge in [-0.25, -0.2) is 5.43 Å². The molecule has 0 saturated heterocycles. The summed E-state index contributed by atoms with van der Waals surface area (Å²) in [5.74, 6) is 0.0870. The standard InChI is InChI=1S/C9H10Cl2N2O2/c1-12-13-9(14)5-15-8-4-6(10)2-3-7(8)11/h2-4,12H,5H2,1H3,(H,13,14). The van der Waals surface area contributed by atoms with Crippen LogP contribution in [0.4, 0.5) is 0 Å². The van der Waals surface area contributed by atoms with E-state index in [-0.39, 0.29) is 12.5 Å². The number of halogens is 2. The molecule has 0 aliphatic carbocycles. The first-order valence-electron chi connectivity index (χ1n) is 4.17. The van der Waals surface area contributed by atoms with Gasteiger partial charge in [-0.3, -0.25) is 10.2 Å². The minimum Gasteiger partial charge on any atom is -0.482 e.